The van der Waals surface area contributed by atoms with E-state index in [1.807, 2.05) is 18.2 Å². The molecule has 0 aliphatic carbocycles. The van der Waals surface area contributed by atoms with E-state index in [4.69, 9.17) is 4.74 Å². The number of carbonyl (C=O) groups excluding carboxylic acids is 1. The summed E-state index contributed by atoms with van der Waals surface area (Å²) in [4.78, 5) is 12.3. The van der Waals surface area contributed by atoms with E-state index in [-0.39, 0.29) is 30.6 Å². The summed E-state index contributed by atoms with van der Waals surface area (Å²) in [6.45, 7) is 0.365. The highest BCUT2D eigenvalue weighted by Gasteiger charge is 2.31. The van der Waals surface area contributed by atoms with Crippen molar-refractivity contribution in [2.75, 3.05) is 11.9 Å². The van der Waals surface area contributed by atoms with Crippen molar-refractivity contribution < 1.29 is 19.0 Å². The highest BCUT2D eigenvalue weighted by molar-refractivity contribution is 5.89. The molecule has 0 saturated carbocycles. The molecular weight excluding hydrogens is 413 g/mol. The molecule has 0 radical (unpaired) electrons. The summed E-state index contributed by atoms with van der Waals surface area (Å²) in [5, 5.41) is 23.6. The van der Waals surface area contributed by atoms with Gasteiger partial charge in [0.15, 0.2) is 0 Å². The number of benzene rings is 2. The largest absolute Gasteiger partial charge is 0.394 e. The number of aliphatic hydroxyl groups is 1. The van der Waals surface area contributed by atoms with Crippen molar-refractivity contribution in [1.29, 1.82) is 0 Å². The lowest BCUT2D eigenvalue weighted by Crippen LogP contribution is -2.52. The number of ether oxygens (including phenoxy) is 1. The van der Waals surface area contributed by atoms with Crippen LogP contribution in [0.25, 0.3) is 11.3 Å². The van der Waals surface area contributed by atoms with Crippen LogP contribution in [0.4, 0.5) is 14.9 Å². The van der Waals surface area contributed by atoms with Gasteiger partial charge < -0.3 is 20.5 Å². The van der Waals surface area contributed by atoms with E-state index in [2.05, 4.69) is 20.9 Å². The van der Waals surface area contributed by atoms with Crippen LogP contribution >= 0.6 is 0 Å². The zero-order valence-electron chi connectivity index (χ0n) is 17.5. The molecule has 2 amide bonds. The maximum absolute atomic E-state index is 13.9. The molecule has 0 unspecified atom stereocenters. The Morgan fingerprint density at radius 1 is 1.16 bits per heavy atom. The molecule has 1 aromatic heterocycles. The summed E-state index contributed by atoms with van der Waals surface area (Å²) in [6.07, 6.45) is 3.24. The molecular formula is C23H26FN5O3. The summed E-state index contributed by atoms with van der Waals surface area (Å²) in [6, 6.07) is 15.0. The Bertz CT molecular complexity index is 1030. The average molecular weight is 439 g/mol. The number of anilines is 1. The number of aryl methyl sites for hydroxylation is 1. The third-order valence-electron chi connectivity index (χ3n) is 5.51. The van der Waals surface area contributed by atoms with E-state index >= 15 is 0 Å². The lowest BCUT2D eigenvalue weighted by Gasteiger charge is -2.36. The van der Waals surface area contributed by atoms with E-state index in [1.54, 1.807) is 41.2 Å². The Morgan fingerprint density at radius 3 is 2.72 bits per heavy atom. The van der Waals surface area contributed by atoms with Gasteiger partial charge in [0.2, 0.25) is 0 Å². The Balaban J connectivity index is 1.27. The van der Waals surface area contributed by atoms with Crippen molar-refractivity contribution in [3.05, 3.63) is 66.6 Å². The summed E-state index contributed by atoms with van der Waals surface area (Å²) >= 11 is 0. The van der Waals surface area contributed by atoms with Gasteiger partial charge in [-0.3, -0.25) is 4.68 Å². The Kier molecular flexibility index (Phi) is 7.08. The summed E-state index contributed by atoms with van der Waals surface area (Å²) < 4.78 is 21.6. The number of hydrogen-bond donors (Lipinski definition) is 3. The number of amides is 2. The Labute approximate surface area is 185 Å². The van der Waals surface area contributed by atoms with Crippen molar-refractivity contribution in [3.63, 3.8) is 0 Å². The number of halogens is 1. The Morgan fingerprint density at radius 2 is 1.94 bits per heavy atom. The van der Waals surface area contributed by atoms with Gasteiger partial charge in [0.05, 0.1) is 24.9 Å². The zero-order chi connectivity index (χ0) is 22.3. The highest BCUT2D eigenvalue weighted by atomic mass is 19.1. The molecule has 1 saturated heterocycles. The predicted octanol–water partition coefficient (Wildman–Crippen LogP) is 3.20. The second kappa shape index (κ2) is 10.3. The van der Waals surface area contributed by atoms with Gasteiger partial charge in [0, 0.05) is 17.8 Å². The Hall–Kier alpha value is -3.30. The van der Waals surface area contributed by atoms with E-state index in [1.165, 1.54) is 6.07 Å². The fourth-order valence-corrected chi connectivity index (χ4v) is 3.84. The van der Waals surface area contributed by atoms with E-state index in [0.29, 0.717) is 36.3 Å². The van der Waals surface area contributed by atoms with E-state index < -0.39 is 6.10 Å². The van der Waals surface area contributed by atoms with E-state index in [9.17, 15) is 14.3 Å². The first-order valence-corrected chi connectivity index (χ1v) is 10.7. The summed E-state index contributed by atoms with van der Waals surface area (Å²) in [5.74, 6) is -0.337. The van der Waals surface area contributed by atoms with Gasteiger partial charge >= 0.3 is 6.03 Å². The first-order chi connectivity index (χ1) is 15.6. The maximum atomic E-state index is 13.9. The van der Waals surface area contributed by atoms with Crippen LogP contribution in [0.2, 0.25) is 0 Å². The smallest absolute Gasteiger partial charge is 0.319 e. The number of rotatable bonds is 7. The summed E-state index contributed by atoms with van der Waals surface area (Å²) in [7, 11) is 0. The topological polar surface area (TPSA) is 101 Å². The van der Waals surface area contributed by atoms with Crippen molar-refractivity contribution in [2.45, 2.75) is 44.1 Å². The van der Waals surface area contributed by atoms with Crippen molar-refractivity contribution in [3.8, 4) is 11.3 Å². The van der Waals surface area contributed by atoms with Gasteiger partial charge in [0.1, 0.15) is 17.6 Å². The quantitative estimate of drug-likeness (QED) is 0.525. The first-order valence-electron chi connectivity index (χ1n) is 10.7. The SMILES string of the molecule is O=C(Nc1ccccc1)N[C@H]1CC[C@H](CCn2cc(-c3ccccc3F)nn2)O[C@H]1CO. The lowest BCUT2D eigenvalue weighted by atomic mass is 9.97. The van der Waals surface area contributed by atoms with Crippen LogP contribution in [0.5, 0.6) is 0 Å². The minimum Gasteiger partial charge on any atom is -0.394 e. The second-order valence-corrected chi connectivity index (χ2v) is 7.76. The molecule has 32 heavy (non-hydrogen) atoms. The molecule has 3 aromatic rings. The molecule has 1 aliphatic heterocycles. The van der Waals surface area contributed by atoms with Gasteiger partial charge in [-0.25, -0.2) is 9.18 Å². The molecule has 3 N–H and O–H groups in total. The number of para-hydroxylation sites is 1. The van der Waals surface area contributed by atoms with Crippen LogP contribution in [-0.2, 0) is 11.3 Å². The van der Waals surface area contributed by atoms with Crippen LogP contribution in [0.3, 0.4) is 0 Å². The fraction of sp³-hybridized carbons (Fsp3) is 0.348. The molecule has 8 nitrogen and oxygen atoms in total. The van der Waals surface area contributed by atoms with Crippen LogP contribution in [0.1, 0.15) is 19.3 Å². The number of carbonyl (C=O) groups is 1. The van der Waals surface area contributed by atoms with Gasteiger partial charge in [-0.1, -0.05) is 35.5 Å². The molecule has 168 valence electrons. The number of hydrogen-bond acceptors (Lipinski definition) is 5. The van der Waals surface area contributed by atoms with Crippen LogP contribution in [0, 0.1) is 5.82 Å². The van der Waals surface area contributed by atoms with Crippen LogP contribution in [-0.4, -0.2) is 51.0 Å². The maximum Gasteiger partial charge on any atom is 0.319 e. The van der Waals surface area contributed by atoms with Gasteiger partial charge in [-0.05, 0) is 43.5 Å². The fourth-order valence-electron chi connectivity index (χ4n) is 3.84. The number of nitrogens with zero attached hydrogens (tertiary/aromatic N) is 3. The number of aromatic nitrogens is 3. The lowest BCUT2D eigenvalue weighted by molar-refractivity contribution is -0.0905. The molecule has 0 spiro atoms. The standard InChI is InChI=1S/C23H26FN5O3/c24-19-9-5-4-8-18(19)21-14-29(28-27-21)13-12-17-10-11-20(22(15-30)32-17)26-23(31)25-16-6-2-1-3-7-16/h1-9,14,17,20,22,30H,10-13,15H2,(H2,25,26,31)/t17-,20+,22+/m1/s1. The molecule has 9 heteroatoms. The minimum atomic E-state index is -0.486. The molecule has 2 aromatic carbocycles. The molecule has 3 atom stereocenters. The molecule has 1 fully saturated rings. The molecule has 4 rings (SSSR count). The van der Waals surface area contributed by atoms with Gasteiger partial charge in [-0.2, -0.15) is 0 Å². The minimum absolute atomic E-state index is 0.0801. The van der Waals surface area contributed by atoms with Crippen LogP contribution in [0.15, 0.2) is 60.8 Å². The van der Waals surface area contributed by atoms with Crippen molar-refractivity contribution >= 4 is 11.7 Å². The predicted molar refractivity (Wildman–Crippen MR) is 117 cm³/mol. The monoisotopic (exact) mass is 439 g/mol. The number of urea groups is 1. The second-order valence-electron chi connectivity index (χ2n) is 7.76. The molecule has 1 aliphatic rings. The normalized spacial score (nSPS) is 20.6. The number of nitrogens with one attached hydrogen (secondary N) is 2. The van der Waals surface area contributed by atoms with Crippen molar-refractivity contribution in [1.82, 2.24) is 20.3 Å². The van der Waals surface area contributed by atoms with Gasteiger partial charge in [-0.15, -0.1) is 5.10 Å². The average Bonchev–Trinajstić information content (AvgIpc) is 3.28. The number of aliphatic hydroxyl groups excluding tert-OH is 1. The third kappa shape index (κ3) is 5.49. The first kappa shape index (κ1) is 21.9. The summed E-state index contributed by atoms with van der Waals surface area (Å²) in [5.41, 5.74) is 1.59. The molecule has 2 heterocycles. The molecule has 0 bridgehead atoms. The zero-order valence-corrected chi connectivity index (χ0v) is 17.5. The van der Waals surface area contributed by atoms with E-state index in [0.717, 1.165) is 6.42 Å². The highest BCUT2D eigenvalue weighted by Crippen LogP contribution is 2.23. The third-order valence-corrected chi connectivity index (χ3v) is 5.51. The van der Waals surface area contributed by atoms with Crippen LogP contribution < -0.4 is 10.6 Å². The van der Waals surface area contributed by atoms with Gasteiger partial charge in [0.25, 0.3) is 0 Å². The van der Waals surface area contributed by atoms with Crippen molar-refractivity contribution in [2.24, 2.45) is 0 Å².